The smallest absolute Gasteiger partial charge is 0.303 e. The molecule has 8 heteroatoms. The Morgan fingerprint density at radius 2 is 2.10 bits per heavy atom. The standard InChI is InChI=1S/C12H8F3N3O2/c13-12(14,15)8-1-2-9(11(20)3-4-19)10(5-8)18-7-16-6-17-18/h1-2,4-7H,3H2. The van der Waals surface area contributed by atoms with Crippen LogP contribution in [0.2, 0.25) is 0 Å². The normalized spacial score (nSPS) is 11.3. The maximum atomic E-state index is 12.7. The van der Waals surface area contributed by atoms with E-state index in [-0.39, 0.29) is 11.3 Å². The van der Waals surface area contributed by atoms with Crippen LogP contribution in [0.4, 0.5) is 13.2 Å². The number of Topliss-reactive ketones (excluding diaryl/α,β-unsaturated/α-hetero) is 1. The fourth-order valence-electron chi connectivity index (χ4n) is 1.65. The van der Waals surface area contributed by atoms with Crippen molar-refractivity contribution in [3.8, 4) is 5.69 Å². The fraction of sp³-hybridized carbons (Fsp3) is 0.167. The second kappa shape index (κ2) is 5.24. The Hall–Kier alpha value is -2.51. The lowest BCUT2D eigenvalue weighted by atomic mass is 10.0. The minimum absolute atomic E-state index is 0.0180. The van der Waals surface area contributed by atoms with Crippen molar-refractivity contribution in [1.29, 1.82) is 0 Å². The highest BCUT2D eigenvalue weighted by Crippen LogP contribution is 2.31. The van der Waals surface area contributed by atoms with E-state index in [1.807, 2.05) is 0 Å². The van der Waals surface area contributed by atoms with Crippen LogP contribution in [0.15, 0.2) is 30.9 Å². The molecule has 0 atom stereocenters. The summed E-state index contributed by atoms with van der Waals surface area (Å²) in [6.45, 7) is 0. The average Bonchev–Trinajstić information content (AvgIpc) is 2.91. The Kier molecular flexibility index (Phi) is 3.64. The van der Waals surface area contributed by atoms with E-state index in [4.69, 9.17) is 0 Å². The van der Waals surface area contributed by atoms with Crippen LogP contribution in [-0.4, -0.2) is 26.8 Å². The number of carbonyl (C=O) groups is 2. The minimum atomic E-state index is -4.54. The first-order chi connectivity index (χ1) is 9.43. The second-order valence-corrected chi connectivity index (χ2v) is 3.86. The predicted molar refractivity (Wildman–Crippen MR) is 61.4 cm³/mol. The Labute approximate surface area is 111 Å². The van der Waals surface area contributed by atoms with Gasteiger partial charge in [-0.25, -0.2) is 9.67 Å². The Morgan fingerprint density at radius 3 is 2.65 bits per heavy atom. The molecule has 1 aromatic carbocycles. The van der Waals surface area contributed by atoms with Gasteiger partial charge in [0.25, 0.3) is 0 Å². The van der Waals surface area contributed by atoms with Gasteiger partial charge in [-0.3, -0.25) is 4.79 Å². The van der Waals surface area contributed by atoms with E-state index in [2.05, 4.69) is 10.1 Å². The number of benzene rings is 1. The van der Waals surface area contributed by atoms with Crippen LogP contribution >= 0.6 is 0 Å². The average molecular weight is 283 g/mol. The molecule has 0 bridgehead atoms. The van der Waals surface area contributed by atoms with Gasteiger partial charge in [-0.1, -0.05) is 0 Å². The third-order valence-corrected chi connectivity index (χ3v) is 2.56. The topological polar surface area (TPSA) is 64.8 Å². The SMILES string of the molecule is O=CCC(=O)c1ccc(C(F)(F)F)cc1-n1cncn1. The first-order valence-electron chi connectivity index (χ1n) is 5.46. The number of ketones is 1. The Balaban J connectivity index is 2.58. The van der Waals surface area contributed by atoms with Gasteiger partial charge in [0.2, 0.25) is 0 Å². The van der Waals surface area contributed by atoms with Gasteiger partial charge in [-0.15, -0.1) is 0 Å². The quantitative estimate of drug-likeness (QED) is 0.489. The van der Waals surface area contributed by atoms with Crippen LogP contribution in [0.1, 0.15) is 22.3 Å². The summed E-state index contributed by atoms with van der Waals surface area (Å²) >= 11 is 0. The van der Waals surface area contributed by atoms with Gasteiger partial charge in [0.1, 0.15) is 18.9 Å². The molecule has 20 heavy (non-hydrogen) atoms. The summed E-state index contributed by atoms with van der Waals surface area (Å²) in [5.41, 5.74) is -0.995. The zero-order valence-electron chi connectivity index (χ0n) is 9.96. The van der Waals surface area contributed by atoms with Gasteiger partial charge in [-0.05, 0) is 18.2 Å². The number of nitrogens with zero attached hydrogens (tertiary/aromatic N) is 3. The minimum Gasteiger partial charge on any atom is -0.303 e. The fourth-order valence-corrected chi connectivity index (χ4v) is 1.65. The molecule has 104 valence electrons. The number of aldehydes is 1. The van der Waals surface area contributed by atoms with Crippen LogP contribution in [0.3, 0.4) is 0 Å². The molecule has 0 radical (unpaired) electrons. The maximum absolute atomic E-state index is 12.7. The first-order valence-corrected chi connectivity index (χ1v) is 5.46. The van der Waals surface area contributed by atoms with Crippen molar-refractivity contribution >= 4 is 12.1 Å². The van der Waals surface area contributed by atoms with Crippen LogP contribution in [-0.2, 0) is 11.0 Å². The van der Waals surface area contributed by atoms with Crippen molar-refractivity contribution in [2.45, 2.75) is 12.6 Å². The van der Waals surface area contributed by atoms with Gasteiger partial charge in [0.15, 0.2) is 5.78 Å². The number of alkyl halides is 3. The molecule has 0 saturated heterocycles. The molecule has 0 N–H and O–H groups in total. The first kappa shape index (κ1) is 13.9. The number of rotatable bonds is 4. The lowest BCUT2D eigenvalue weighted by Crippen LogP contribution is -2.11. The number of aromatic nitrogens is 3. The van der Waals surface area contributed by atoms with Crippen LogP contribution < -0.4 is 0 Å². The van der Waals surface area contributed by atoms with Crippen molar-refractivity contribution in [3.63, 3.8) is 0 Å². The number of carbonyl (C=O) groups excluding carboxylic acids is 2. The van der Waals surface area contributed by atoms with Crippen molar-refractivity contribution < 1.29 is 22.8 Å². The summed E-state index contributed by atoms with van der Waals surface area (Å²) in [6, 6.07) is 2.62. The molecule has 0 aliphatic carbocycles. The lowest BCUT2D eigenvalue weighted by molar-refractivity contribution is -0.137. The molecule has 0 unspecified atom stereocenters. The van der Waals surface area contributed by atoms with E-state index in [1.54, 1.807) is 0 Å². The summed E-state index contributed by atoms with van der Waals surface area (Å²) in [4.78, 5) is 25.8. The highest BCUT2D eigenvalue weighted by molar-refractivity contribution is 6.05. The monoisotopic (exact) mass is 283 g/mol. The van der Waals surface area contributed by atoms with E-state index in [9.17, 15) is 22.8 Å². The van der Waals surface area contributed by atoms with Crippen LogP contribution in [0.25, 0.3) is 5.69 Å². The van der Waals surface area contributed by atoms with Gasteiger partial charge in [0.05, 0.1) is 17.7 Å². The van der Waals surface area contributed by atoms with Gasteiger partial charge < -0.3 is 4.79 Å². The number of halogens is 3. The van der Waals surface area contributed by atoms with Gasteiger partial charge in [0, 0.05) is 5.56 Å². The molecule has 1 heterocycles. The molecular weight excluding hydrogens is 275 g/mol. The molecule has 2 rings (SSSR count). The highest BCUT2D eigenvalue weighted by Gasteiger charge is 2.31. The Bertz CT molecular complexity index is 636. The molecule has 0 spiro atoms. The van der Waals surface area contributed by atoms with Crippen molar-refractivity contribution in [2.24, 2.45) is 0 Å². The van der Waals surface area contributed by atoms with Crippen LogP contribution in [0.5, 0.6) is 0 Å². The molecule has 0 saturated carbocycles. The van der Waals surface area contributed by atoms with Crippen molar-refractivity contribution in [1.82, 2.24) is 14.8 Å². The molecule has 2 aromatic rings. The molecule has 0 aliphatic heterocycles. The summed E-state index contributed by atoms with van der Waals surface area (Å²) in [6.07, 6.45) is -2.25. The summed E-state index contributed by atoms with van der Waals surface area (Å²) in [5, 5.41) is 3.71. The van der Waals surface area contributed by atoms with Crippen LogP contribution in [0, 0.1) is 0 Å². The number of hydrogen-bond donors (Lipinski definition) is 0. The third-order valence-electron chi connectivity index (χ3n) is 2.56. The van der Waals surface area contributed by atoms with Crippen molar-refractivity contribution in [3.05, 3.63) is 42.0 Å². The summed E-state index contributed by atoms with van der Waals surface area (Å²) in [5.74, 6) is -0.584. The Morgan fingerprint density at radius 1 is 1.35 bits per heavy atom. The van der Waals surface area contributed by atoms with Crippen molar-refractivity contribution in [2.75, 3.05) is 0 Å². The zero-order chi connectivity index (χ0) is 14.8. The summed E-state index contributed by atoms with van der Waals surface area (Å²) in [7, 11) is 0. The zero-order valence-corrected chi connectivity index (χ0v) is 9.96. The maximum Gasteiger partial charge on any atom is 0.416 e. The molecular formula is C12H8F3N3O2. The van der Waals surface area contributed by atoms with E-state index in [1.165, 1.54) is 6.33 Å². The third kappa shape index (κ3) is 2.73. The largest absolute Gasteiger partial charge is 0.416 e. The predicted octanol–water partition coefficient (Wildman–Crippen LogP) is 2.06. The number of hydrogen-bond acceptors (Lipinski definition) is 4. The van der Waals surface area contributed by atoms with Gasteiger partial charge >= 0.3 is 6.18 Å². The van der Waals surface area contributed by atoms with E-state index in [0.717, 1.165) is 29.2 Å². The van der Waals surface area contributed by atoms with Gasteiger partial charge in [-0.2, -0.15) is 18.3 Å². The van der Waals surface area contributed by atoms with E-state index < -0.39 is 23.9 Å². The molecule has 1 aromatic heterocycles. The highest BCUT2D eigenvalue weighted by atomic mass is 19.4. The van der Waals surface area contributed by atoms with E-state index >= 15 is 0 Å². The molecule has 5 nitrogen and oxygen atoms in total. The molecule has 0 amide bonds. The second-order valence-electron chi connectivity index (χ2n) is 3.86. The van der Waals surface area contributed by atoms with E-state index in [0.29, 0.717) is 6.29 Å². The molecule has 0 aliphatic rings. The molecule has 0 fully saturated rings. The lowest BCUT2D eigenvalue weighted by Gasteiger charge is -2.12. The summed E-state index contributed by atoms with van der Waals surface area (Å²) < 4.78 is 39.2.